The molecular weight excluding hydrogens is 416 g/mol. The Balaban J connectivity index is 1.44. The molecule has 1 heterocycles. The molecule has 0 saturated heterocycles. The van der Waals surface area contributed by atoms with E-state index in [1.54, 1.807) is 6.07 Å². The number of benzene rings is 3. The summed E-state index contributed by atoms with van der Waals surface area (Å²) in [6, 6.07) is 24.3. The van der Waals surface area contributed by atoms with Crippen LogP contribution in [0.2, 0.25) is 5.02 Å². The van der Waals surface area contributed by atoms with Gasteiger partial charge in [0.05, 0.1) is 0 Å². The number of hydrogen-bond acceptors (Lipinski definition) is 8. The highest BCUT2D eigenvalue weighted by Gasteiger charge is 2.07. The van der Waals surface area contributed by atoms with Gasteiger partial charge in [0, 0.05) is 17.3 Å². The van der Waals surface area contributed by atoms with E-state index in [1.807, 2.05) is 78.3 Å². The molecule has 3 aromatic carbocycles. The number of para-hydroxylation sites is 1. The minimum Gasteiger partial charge on any atom is -0.457 e. The molecule has 0 bridgehead atoms. The zero-order valence-corrected chi connectivity index (χ0v) is 17.0. The van der Waals surface area contributed by atoms with Gasteiger partial charge in [0.1, 0.15) is 11.5 Å². The van der Waals surface area contributed by atoms with E-state index in [4.69, 9.17) is 16.3 Å². The second-order valence-corrected chi connectivity index (χ2v) is 6.90. The third kappa shape index (κ3) is 5.81. The lowest BCUT2D eigenvalue weighted by Crippen LogP contribution is -2.09. The first kappa shape index (κ1) is 20.4. The molecule has 0 aliphatic heterocycles. The minimum absolute atomic E-state index is 0.00938. The summed E-state index contributed by atoms with van der Waals surface area (Å²) in [5.74, 6) is 2.02. The Morgan fingerprint density at radius 2 is 1.48 bits per heavy atom. The second kappa shape index (κ2) is 9.75. The van der Waals surface area contributed by atoms with Gasteiger partial charge in [-0.2, -0.15) is 15.0 Å². The predicted molar refractivity (Wildman–Crippen MR) is 120 cm³/mol. The van der Waals surface area contributed by atoms with Gasteiger partial charge in [-0.3, -0.25) is 5.21 Å². The van der Waals surface area contributed by atoms with E-state index in [9.17, 15) is 5.21 Å². The Morgan fingerprint density at radius 1 is 0.774 bits per heavy atom. The molecule has 31 heavy (non-hydrogen) atoms. The summed E-state index contributed by atoms with van der Waals surface area (Å²) in [6.07, 6.45) is 0. The van der Waals surface area contributed by atoms with Crippen LogP contribution in [0.1, 0.15) is 5.56 Å². The van der Waals surface area contributed by atoms with E-state index in [0.717, 1.165) is 17.0 Å². The fourth-order valence-corrected chi connectivity index (χ4v) is 2.96. The summed E-state index contributed by atoms with van der Waals surface area (Å²) in [5.41, 5.74) is 3.67. The maximum atomic E-state index is 9.26. The van der Waals surface area contributed by atoms with Crippen molar-refractivity contribution in [3.05, 3.63) is 89.4 Å². The molecule has 4 aromatic rings. The van der Waals surface area contributed by atoms with Crippen LogP contribution in [0.4, 0.5) is 23.5 Å². The smallest absolute Gasteiger partial charge is 0.253 e. The van der Waals surface area contributed by atoms with E-state index < -0.39 is 0 Å². The predicted octanol–water partition coefficient (Wildman–Crippen LogP) is 5.47. The molecule has 1 aromatic heterocycles. The van der Waals surface area contributed by atoms with Crippen molar-refractivity contribution in [2.45, 2.75) is 6.54 Å². The molecule has 0 radical (unpaired) electrons. The Labute approximate surface area is 183 Å². The van der Waals surface area contributed by atoms with Gasteiger partial charge in [0.2, 0.25) is 11.9 Å². The zero-order chi connectivity index (χ0) is 21.5. The average Bonchev–Trinajstić information content (AvgIpc) is 2.80. The molecule has 9 heteroatoms. The van der Waals surface area contributed by atoms with Crippen molar-refractivity contribution < 1.29 is 9.94 Å². The molecule has 4 N–H and O–H groups in total. The number of rotatable bonds is 8. The van der Waals surface area contributed by atoms with Crippen molar-refractivity contribution in [3.63, 3.8) is 0 Å². The second-order valence-electron chi connectivity index (χ2n) is 6.47. The molecule has 8 nitrogen and oxygen atoms in total. The SMILES string of the molecule is ONc1nc(NCc2cccc(Cl)c2)nc(Nc2ccc(Oc3ccccc3)cc2)n1. The quantitative estimate of drug-likeness (QED) is 0.270. The monoisotopic (exact) mass is 434 g/mol. The van der Waals surface area contributed by atoms with Gasteiger partial charge in [-0.25, -0.2) is 5.48 Å². The fourth-order valence-electron chi connectivity index (χ4n) is 2.75. The Bertz CT molecular complexity index is 1140. The summed E-state index contributed by atoms with van der Waals surface area (Å²) in [5, 5.41) is 16.1. The maximum absolute atomic E-state index is 9.26. The van der Waals surface area contributed by atoms with Crippen LogP contribution in [-0.4, -0.2) is 20.2 Å². The normalized spacial score (nSPS) is 10.4. The topological polar surface area (TPSA) is 104 Å². The summed E-state index contributed by atoms with van der Waals surface area (Å²) in [6.45, 7) is 0.459. The Kier molecular flexibility index (Phi) is 6.41. The summed E-state index contributed by atoms with van der Waals surface area (Å²) < 4.78 is 5.79. The largest absolute Gasteiger partial charge is 0.457 e. The Hall–Kier alpha value is -3.88. The third-order valence-electron chi connectivity index (χ3n) is 4.16. The number of nitrogens with zero attached hydrogens (tertiary/aromatic N) is 3. The molecule has 0 atom stereocenters. The van der Waals surface area contributed by atoms with Gasteiger partial charge in [0.25, 0.3) is 5.95 Å². The van der Waals surface area contributed by atoms with Crippen molar-refractivity contribution in [1.29, 1.82) is 0 Å². The fraction of sp³-hybridized carbons (Fsp3) is 0.0455. The average molecular weight is 435 g/mol. The van der Waals surface area contributed by atoms with Gasteiger partial charge in [0.15, 0.2) is 0 Å². The molecule has 0 spiro atoms. The lowest BCUT2D eigenvalue weighted by atomic mass is 10.2. The van der Waals surface area contributed by atoms with E-state index >= 15 is 0 Å². The van der Waals surface area contributed by atoms with Gasteiger partial charge in [-0.15, -0.1) is 0 Å². The van der Waals surface area contributed by atoms with Gasteiger partial charge in [-0.1, -0.05) is 41.9 Å². The maximum Gasteiger partial charge on any atom is 0.253 e. The zero-order valence-electron chi connectivity index (χ0n) is 16.3. The number of halogens is 1. The number of ether oxygens (including phenoxy) is 1. The number of aromatic nitrogens is 3. The minimum atomic E-state index is 0.00938. The molecule has 0 aliphatic carbocycles. The number of anilines is 4. The van der Waals surface area contributed by atoms with Gasteiger partial charge < -0.3 is 15.4 Å². The van der Waals surface area contributed by atoms with Crippen LogP contribution in [0.3, 0.4) is 0 Å². The molecule has 0 aliphatic rings. The van der Waals surface area contributed by atoms with E-state index in [0.29, 0.717) is 17.3 Å². The highest BCUT2D eigenvalue weighted by Crippen LogP contribution is 2.24. The number of nitrogens with one attached hydrogen (secondary N) is 3. The summed E-state index contributed by atoms with van der Waals surface area (Å²) in [4.78, 5) is 12.6. The first-order chi connectivity index (χ1) is 15.2. The van der Waals surface area contributed by atoms with Crippen LogP contribution >= 0.6 is 11.6 Å². The molecule has 156 valence electrons. The van der Waals surface area contributed by atoms with E-state index in [2.05, 4.69) is 25.6 Å². The van der Waals surface area contributed by atoms with Crippen LogP contribution in [0.15, 0.2) is 78.9 Å². The molecular formula is C22H19ClN6O2. The molecule has 0 fully saturated rings. The third-order valence-corrected chi connectivity index (χ3v) is 4.40. The van der Waals surface area contributed by atoms with Gasteiger partial charge in [-0.05, 0) is 54.1 Å². The van der Waals surface area contributed by atoms with Crippen LogP contribution in [-0.2, 0) is 6.54 Å². The Morgan fingerprint density at radius 3 is 2.23 bits per heavy atom. The van der Waals surface area contributed by atoms with Crippen molar-refractivity contribution in [2.24, 2.45) is 0 Å². The van der Waals surface area contributed by atoms with Crippen LogP contribution in [0.25, 0.3) is 0 Å². The van der Waals surface area contributed by atoms with Crippen LogP contribution < -0.4 is 20.9 Å². The van der Waals surface area contributed by atoms with Crippen molar-refractivity contribution in [2.75, 3.05) is 16.1 Å². The summed E-state index contributed by atoms with van der Waals surface area (Å²) in [7, 11) is 0. The highest BCUT2D eigenvalue weighted by molar-refractivity contribution is 6.30. The van der Waals surface area contributed by atoms with Crippen LogP contribution in [0.5, 0.6) is 11.5 Å². The van der Waals surface area contributed by atoms with Gasteiger partial charge >= 0.3 is 0 Å². The van der Waals surface area contributed by atoms with Crippen molar-refractivity contribution in [3.8, 4) is 11.5 Å². The molecule has 0 unspecified atom stereocenters. The van der Waals surface area contributed by atoms with Crippen molar-refractivity contribution >= 4 is 35.1 Å². The summed E-state index contributed by atoms with van der Waals surface area (Å²) >= 11 is 6.02. The molecule has 4 rings (SSSR count). The van der Waals surface area contributed by atoms with Crippen LogP contribution in [0, 0.1) is 0 Å². The molecule has 0 amide bonds. The lowest BCUT2D eigenvalue weighted by molar-refractivity contribution is 0.382. The highest BCUT2D eigenvalue weighted by atomic mass is 35.5. The first-order valence-electron chi connectivity index (χ1n) is 9.42. The lowest BCUT2D eigenvalue weighted by Gasteiger charge is -2.11. The van der Waals surface area contributed by atoms with E-state index in [1.165, 1.54) is 0 Å². The van der Waals surface area contributed by atoms with E-state index in [-0.39, 0.29) is 17.8 Å². The first-order valence-corrected chi connectivity index (χ1v) is 9.80. The molecule has 0 saturated carbocycles. The van der Waals surface area contributed by atoms with Crippen molar-refractivity contribution in [1.82, 2.24) is 15.0 Å². The standard InChI is InChI=1S/C22H19ClN6O2/c23-16-6-4-5-15(13-16)14-24-20-26-21(28-22(27-20)29-30)25-17-9-11-19(12-10-17)31-18-7-2-1-3-8-18/h1-13,30H,14H2,(H3,24,25,26,27,28,29). The number of hydrogen-bond donors (Lipinski definition) is 4.